The summed E-state index contributed by atoms with van der Waals surface area (Å²) >= 11 is 1.29. The number of benzene rings is 1. The summed E-state index contributed by atoms with van der Waals surface area (Å²) in [5, 5.41) is 4.99. The second kappa shape index (κ2) is 19.9. The van der Waals surface area contributed by atoms with E-state index in [1.165, 1.54) is 18.4 Å². The van der Waals surface area contributed by atoms with Crippen LogP contribution in [0.1, 0.15) is 93.4 Å². The van der Waals surface area contributed by atoms with Crippen LogP contribution in [0.4, 0.5) is 0 Å². The van der Waals surface area contributed by atoms with Crippen molar-refractivity contribution in [1.82, 2.24) is 20.1 Å². The number of hydrogen-bond donors (Lipinski definition) is 1. The van der Waals surface area contributed by atoms with Crippen LogP contribution in [0.15, 0.2) is 35.7 Å². The Morgan fingerprint density at radius 2 is 1.80 bits per heavy atom. The van der Waals surface area contributed by atoms with E-state index in [-0.39, 0.29) is 60.9 Å². The number of aromatic nitrogens is 1. The van der Waals surface area contributed by atoms with Crippen molar-refractivity contribution in [1.29, 1.82) is 0 Å². The van der Waals surface area contributed by atoms with Gasteiger partial charge in [-0.1, -0.05) is 70.9 Å². The Morgan fingerprint density at radius 1 is 1.08 bits per heavy atom. The molecule has 0 aliphatic carbocycles. The summed E-state index contributed by atoms with van der Waals surface area (Å²) in [6, 6.07) is 8.05. The van der Waals surface area contributed by atoms with Crippen LogP contribution in [0, 0.1) is 17.8 Å². The van der Waals surface area contributed by atoms with Gasteiger partial charge in [0, 0.05) is 50.8 Å². The first-order chi connectivity index (χ1) is 23.4. The summed E-state index contributed by atoms with van der Waals surface area (Å²) in [5.74, 6) is -1.45. The van der Waals surface area contributed by atoms with Crippen LogP contribution < -0.4 is 5.32 Å². The maximum Gasteiger partial charge on any atom is 0.328 e. The lowest BCUT2D eigenvalue weighted by molar-refractivity contribution is -0.150. The quantitative estimate of drug-likeness (QED) is 0.154. The minimum atomic E-state index is -0.883. The first-order valence-corrected chi connectivity index (χ1v) is 18.3. The molecular formula is C37H56N4O7S. The minimum Gasteiger partial charge on any atom is -0.467 e. The molecule has 1 N–H and O–H groups in total. The average molecular weight is 701 g/mol. The summed E-state index contributed by atoms with van der Waals surface area (Å²) in [7, 11) is 6.43. The molecule has 2 amide bonds. The lowest BCUT2D eigenvalue weighted by Crippen LogP contribution is -2.50. The van der Waals surface area contributed by atoms with Gasteiger partial charge in [0.25, 0.3) is 5.91 Å². The van der Waals surface area contributed by atoms with E-state index < -0.39 is 29.9 Å². The zero-order valence-corrected chi connectivity index (χ0v) is 31.3. The number of piperidine rings is 1. The lowest BCUT2D eigenvalue weighted by atomic mass is 9.82. The van der Waals surface area contributed by atoms with Crippen molar-refractivity contribution in [3.8, 4) is 0 Å². The number of carbonyl (C=O) groups excluding carboxylic acids is 4. The zero-order chi connectivity index (χ0) is 36.1. The number of thiazole rings is 1. The highest BCUT2D eigenvalue weighted by Crippen LogP contribution is 2.33. The Hall–Kier alpha value is -3.19. The number of esters is 1. The van der Waals surface area contributed by atoms with Gasteiger partial charge in [0.1, 0.15) is 29.6 Å². The third-order valence-electron chi connectivity index (χ3n) is 9.78. The molecule has 2 aromatic rings. The van der Waals surface area contributed by atoms with Gasteiger partial charge >= 0.3 is 5.97 Å². The van der Waals surface area contributed by atoms with Crippen LogP contribution in [0.3, 0.4) is 0 Å². The summed E-state index contributed by atoms with van der Waals surface area (Å²) in [4.78, 5) is 62.3. The first-order valence-electron chi connectivity index (χ1n) is 17.4. The van der Waals surface area contributed by atoms with Crippen LogP contribution in [-0.4, -0.2) is 98.1 Å². The summed E-state index contributed by atoms with van der Waals surface area (Å²) in [6.45, 7) is 9.16. The molecule has 0 unspecified atom stereocenters. The highest BCUT2D eigenvalue weighted by atomic mass is 32.1. The number of carbonyl (C=O) groups is 4. The van der Waals surface area contributed by atoms with Crippen molar-refractivity contribution in [2.75, 3.05) is 41.7 Å². The molecule has 49 heavy (non-hydrogen) atoms. The van der Waals surface area contributed by atoms with Gasteiger partial charge in [0.15, 0.2) is 5.78 Å². The highest BCUT2D eigenvalue weighted by Gasteiger charge is 2.38. The van der Waals surface area contributed by atoms with Crippen LogP contribution in [0.25, 0.3) is 0 Å². The molecule has 6 atom stereocenters. The van der Waals surface area contributed by atoms with Crippen molar-refractivity contribution < 1.29 is 33.4 Å². The largest absolute Gasteiger partial charge is 0.467 e. The molecule has 1 aromatic carbocycles. The van der Waals surface area contributed by atoms with E-state index in [1.807, 2.05) is 58.2 Å². The summed E-state index contributed by atoms with van der Waals surface area (Å²) < 4.78 is 16.5. The van der Waals surface area contributed by atoms with Gasteiger partial charge in [-0.05, 0) is 43.8 Å². The molecule has 272 valence electrons. The fourth-order valence-electron chi connectivity index (χ4n) is 6.56. The number of nitrogens with zero attached hydrogens (tertiary/aromatic N) is 3. The summed E-state index contributed by atoms with van der Waals surface area (Å²) in [5.41, 5.74) is 1.05. The SMILES string of the molecule is CC[C@H](C)[C@H](CC(=O)[C@H]1CCCCN1C)C(=O)N(COC)[C@H](C[C@@H](OC)c1nc(C(=O)N[C@@H](Cc2ccccc2)C(=O)OC)cs1)C(C)C. The van der Waals surface area contributed by atoms with Gasteiger partial charge in [0.2, 0.25) is 5.91 Å². The van der Waals surface area contributed by atoms with E-state index in [2.05, 4.69) is 22.1 Å². The maximum atomic E-state index is 14.4. The standard InChI is InChI=1S/C37H56N4O7S/c1-9-25(4)27(20-32(42)30-17-13-14-18-40(30)5)36(44)41(23-46-6)31(24(2)3)21-33(47-7)35-39-29(22-49-35)34(43)38-28(37(45)48-8)19-26-15-11-10-12-16-26/h10-12,15-16,22,24-25,27-28,30-31,33H,9,13-14,17-21,23H2,1-8H3,(H,38,43)/t25-,27-,28-,30+,31+,33+/m0/s1. The molecule has 0 radical (unpaired) electrons. The van der Waals surface area contributed by atoms with Gasteiger partial charge in [-0.25, -0.2) is 9.78 Å². The van der Waals surface area contributed by atoms with Gasteiger partial charge in [-0.3, -0.25) is 19.3 Å². The van der Waals surface area contributed by atoms with Crippen molar-refractivity contribution in [2.24, 2.45) is 17.8 Å². The van der Waals surface area contributed by atoms with Crippen molar-refractivity contribution in [3.05, 3.63) is 52.0 Å². The smallest absolute Gasteiger partial charge is 0.328 e. The Morgan fingerprint density at radius 3 is 2.39 bits per heavy atom. The molecule has 1 saturated heterocycles. The number of ketones is 1. The number of ether oxygens (including phenoxy) is 3. The van der Waals surface area contributed by atoms with Gasteiger partial charge in [0.05, 0.1) is 13.2 Å². The highest BCUT2D eigenvalue weighted by molar-refractivity contribution is 7.09. The Kier molecular flexibility index (Phi) is 16.3. The predicted octanol–water partition coefficient (Wildman–Crippen LogP) is 5.30. The van der Waals surface area contributed by atoms with Crippen molar-refractivity contribution >= 4 is 34.9 Å². The second-order valence-electron chi connectivity index (χ2n) is 13.5. The number of rotatable bonds is 19. The number of nitrogens with one attached hydrogen (secondary N) is 1. The monoisotopic (exact) mass is 700 g/mol. The molecule has 12 heteroatoms. The summed E-state index contributed by atoms with van der Waals surface area (Å²) in [6.07, 6.45) is 4.05. The molecular weight excluding hydrogens is 644 g/mol. The zero-order valence-electron chi connectivity index (χ0n) is 30.5. The van der Waals surface area contributed by atoms with E-state index in [9.17, 15) is 19.2 Å². The van der Waals surface area contributed by atoms with Crippen LogP contribution in [0.5, 0.6) is 0 Å². The average Bonchev–Trinajstić information content (AvgIpc) is 3.60. The Bertz CT molecular complexity index is 1350. The van der Waals surface area contributed by atoms with E-state index in [1.54, 1.807) is 24.5 Å². The van der Waals surface area contributed by atoms with Gasteiger partial charge in [-0.2, -0.15) is 0 Å². The normalized spacial score (nSPS) is 18.3. The first kappa shape index (κ1) is 40.2. The van der Waals surface area contributed by atoms with Crippen LogP contribution in [-0.2, 0) is 35.0 Å². The minimum absolute atomic E-state index is 0.00600. The Labute approximate surface area is 296 Å². The number of amides is 2. The molecule has 1 aliphatic heterocycles. The number of likely N-dealkylation sites (tertiary alicyclic amines) is 1. The van der Waals surface area contributed by atoms with E-state index in [0.717, 1.165) is 37.8 Å². The number of hydrogen-bond acceptors (Lipinski definition) is 10. The van der Waals surface area contributed by atoms with Gasteiger partial charge < -0.3 is 24.4 Å². The third kappa shape index (κ3) is 11.2. The molecule has 1 fully saturated rings. The predicted molar refractivity (Wildman–Crippen MR) is 190 cm³/mol. The third-order valence-corrected chi connectivity index (χ3v) is 10.7. The van der Waals surface area contributed by atoms with Crippen molar-refractivity contribution in [2.45, 2.75) is 96.9 Å². The van der Waals surface area contributed by atoms with E-state index in [0.29, 0.717) is 11.4 Å². The molecule has 0 spiro atoms. The van der Waals surface area contributed by atoms with Crippen molar-refractivity contribution in [3.63, 3.8) is 0 Å². The fourth-order valence-corrected chi connectivity index (χ4v) is 7.45. The van der Waals surface area contributed by atoms with Crippen LogP contribution >= 0.6 is 11.3 Å². The Balaban J connectivity index is 1.80. The fraction of sp³-hybridized carbons (Fsp3) is 0.649. The lowest BCUT2D eigenvalue weighted by Gasteiger charge is -2.39. The molecule has 3 rings (SSSR count). The van der Waals surface area contributed by atoms with Gasteiger partial charge in [-0.15, -0.1) is 11.3 Å². The second-order valence-corrected chi connectivity index (χ2v) is 14.4. The molecule has 2 heterocycles. The molecule has 0 bridgehead atoms. The number of methoxy groups -OCH3 is 3. The molecule has 1 aliphatic rings. The molecule has 1 aromatic heterocycles. The van der Waals surface area contributed by atoms with E-state index >= 15 is 0 Å². The number of likely N-dealkylation sites (N-methyl/N-ethyl adjacent to an activating group) is 1. The molecule has 11 nitrogen and oxygen atoms in total. The topological polar surface area (TPSA) is 127 Å². The molecule has 0 saturated carbocycles. The number of Topliss-reactive ketones (excluding diaryl/α,β-unsaturated/α-hetero) is 1. The maximum absolute atomic E-state index is 14.4. The van der Waals surface area contributed by atoms with Crippen LogP contribution in [0.2, 0.25) is 0 Å². The van der Waals surface area contributed by atoms with E-state index in [4.69, 9.17) is 14.2 Å².